The normalized spacial score (nSPS) is 10.2. The van der Waals surface area contributed by atoms with Gasteiger partial charge in [-0.05, 0) is 25.5 Å². The third-order valence-corrected chi connectivity index (χ3v) is 2.97. The Kier molecular flexibility index (Phi) is 3.80. The van der Waals surface area contributed by atoms with E-state index < -0.39 is 4.92 Å². The smallest absolute Gasteiger partial charge is 0.276 e. The molecule has 0 aromatic heterocycles. The summed E-state index contributed by atoms with van der Waals surface area (Å²) in [5.41, 5.74) is 2.87. The van der Waals surface area contributed by atoms with E-state index in [4.69, 9.17) is 4.74 Å². The van der Waals surface area contributed by atoms with Crippen molar-refractivity contribution in [3.63, 3.8) is 0 Å². The number of rotatable bonds is 4. The fourth-order valence-corrected chi connectivity index (χ4v) is 1.80. The molecule has 0 amide bonds. The molecule has 0 atom stereocenters. The molecule has 2 aromatic rings. The predicted molar refractivity (Wildman–Crippen MR) is 73.3 cm³/mol. The van der Waals surface area contributed by atoms with Crippen molar-refractivity contribution in [1.82, 2.24) is 0 Å². The molecule has 98 valence electrons. The van der Waals surface area contributed by atoms with Crippen LogP contribution in [0.4, 0.5) is 5.69 Å². The lowest BCUT2D eigenvalue weighted by Gasteiger charge is -2.09. The highest BCUT2D eigenvalue weighted by Crippen LogP contribution is 2.27. The molecule has 2 rings (SSSR count). The Morgan fingerprint density at radius 2 is 1.79 bits per heavy atom. The highest BCUT2D eigenvalue weighted by atomic mass is 16.6. The monoisotopic (exact) mass is 257 g/mol. The quantitative estimate of drug-likeness (QED) is 0.618. The predicted octanol–water partition coefficient (Wildman–Crippen LogP) is 3.79. The van der Waals surface area contributed by atoms with Crippen molar-refractivity contribution in [1.29, 1.82) is 0 Å². The van der Waals surface area contributed by atoms with Crippen LogP contribution in [-0.4, -0.2) is 4.92 Å². The Balaban J connectivity index is 2.13. The van der Waals surface area contributed by atoms with Crippen molar-refractivity contribution < 1.29 is 9.66 Å². The van der Waals surface area contributed by atoms with Crippen molar-refractivity contribution in [2.45, 2.75) is 20.5 Å². The van der Waals surface area contributed by atoms with Crippen LogP contribution in [0.3, 0.4) is 0 Å². The molecule has 0 aliphatic heterocycles. The van der Waals surface area contributed by atoms with Crippen molar-refractivity contribution in [3.05, 3.63) is 69.3 Å². The molecule has 4 nitrogen and oxygen atoms in total. The summed E-state index contributed by atoms with van der Waals surface area (Å²) in [5, 5.41) is 10.8. The Morgan fingerprint density at radius 1 is 1.11 bits per heavy atom. The maximum atomic E-state index is 10.8. The van der Waals surface area contributed by atoms with Gasteiger partial charge in [0.2, 0.25) is 0 Å². The molecule has 19 heavy (non-hydrogen) atoms. The summed E-state index contributed by atoms with van der Waals surface area (Å²) in [4.78, 5) is 10.4. The minimum absolute atomic E-state index is 0.0846. The number of hydrogen-bond acceptors (Lipinski definition) is 3. The molecule has 0 N–H and O–H groups in total. The van der Waals surface area contributed by atoms with Gasteiger partial charge in [-0.2, -0.15) is 0 Å². The topological polar surface area (TPSA) is 52.4 Å². The average Bonchev–Trinajstić information content (AvgIpc) is 2.39. The Morgan fingerprint density at radius 3 is 2.42 bits per heavy atom. The van der Waals surface area contributed by atoms with E-state index >= 15 is 0 Å². The maximum Gasteiger partial charge on any atom is 0.276 e. The summed E-state index contributed by atoms with van der Waals surface area (Å²) >= 11 is 0. The van der Waals surface area contributed by atoms with Crippen LogP contribution >= 0.6 is 0 Å². The maximum absolute atomic E-state index is 10.8. The van der Waals surface area contributed by atoms with E-state index in [1.54, 1.807) is 19.1 Å². The molecule has 0 saturated carbocycles. The summed E-state index contributed by atoms with van der Waals surface area (Å²) in [6.45, 7) is 4.13. The second kappa shape index (κ2) is 5.52. The fourth-order valence-electron chi connectivity index (χ4n) is 1.80. The van der Waals surface area contributed by atoms with E-state index in [0.717, 1.165) is 5.56 Å². The van der Waals surface area contributed by atoms with Gasteiger partial charge in [0.15, 0.2) is 0 Å². The molecule has 2 aromatic carbocycles. The first-order valence-corrected chi connectivity index (χ1v) is 6.00. The zero-order valence-electron chi connectivity index (χ0n) is 10.9. The molecule has 0 saturated heterocycles. The zero-order valence-corrected chi connectivity index (χ0v) is 10.9. The molecule has 0 aliphatic carbocycles. The molecule has 0 heterocycles. The summed E-state index contributed by atoms with van der Waals surface area (Å²) < 4.78 is 5.65. The first kappa shape index (κ1) is 13.1. The van der Waals surface area contributed by atoms with Crippen LogP contribution in [0.5, 0.6) is 5.75 Å². The SMILES string of the molecule is Cc1ccc(COc2cccc([N+](=O)[O-])c2C)cc1. The minimum Gasteiger partial charge on any atom is -0.488 e. The van der Waals surface area contributed by atoms with Gasteiger partial charge >= 0.3 is 0 Å². The van der Waals surface area contributed by atoms with Crippen molar-refractivity contribution >= 4 is 5.69 Å². The molecule has 0 unspecified atom stereocenters. The standard InChI is InChI=1S/C15H15NO3/c1-11-6-8-13(9-7-11)10-19-15-5-3-4-14(12(15)2)16(17)18/h3-9H,10H2,1-2H3. The van der Waals surface area contributed by atoms with Gasteiger partial charge in [0, 0.05) is 6.07 Å². The van der Waals surface area contributed by atoms with E-state index in [-0.39, 0.29) is 5.69 Å². The summed E-state index contributed by atoms with van der Waals surface area (Å²) in [7, 11) is 0. The first-order chi connectivity index (χ1) is 9.08. The van der Waals surface area contributed by atoms with Gasteiger partial charge < -0.3 is 4.74 Å². The summed E-state index contributed by atoms with van der Waals surface area (Å²) in [6, 6.07) is 12.9. The van der Waals surface area contributed by atoms with Crippen LogP contribution in [0.25, 0.3) is 0 Å². The van der Waals surface area contributed by atoms with Crippen LogP contribution in [0.2, 0.25) is 0 Å². The number of hydrogen-bond donors (Lipinski definition) is 0. The van der Waals surface area contributed by atoms with Gasteiger partial charge in [-0.1, -0.05) is 35.9 Å². The molecular weight excluding hydrogens is 242 g/mol. The number of aryl methyl sites for hydroxylation is 1. The number of nitro groups is 1. The van der Waals surface area contributed by atoms with Gasteiger partial charge in [0.05, 0.1) is 10.5 Å². The van der Waals surface area contributed by atoms with Crippen LogP contribution in [0.1, 0.15) is 16.7 Å². The highest BCUT2D eigenvalue weighted by Gasteiger charge is 2.13. The van der Waals surface area contributed by atoms with Crippen molar-refractivity contribution in [2.75, 3.05) is 0 Å². The summed E-state index contributed by atoms with van der Waals surface area (Å²) in [5.74, 6) is 0.551. The molecule has 0 radical (unpaired) electrons. The first-order valence-electron chi connectivity index (χ1n) is 6.00. The lowest BCUT2D eigenvalue weighted by atomic mass is 10.1. The van der Waals surface area contributed by atoms with Crippen LogP contribution in [-0.2, 0) is 6.61 Å². The van der Waals surface area contributed by atoms with E-state index in [1.807, 2.05) is 31.2 Å². The van der Waals surface area contributed by atoms with Gasteiger partial charge in [0.25, 0.3) is 5.69 Å². The van der Waals surface area contributed by atoms with Gasteiger partial charge in [0.1, 0.15) is 12.4 Å². The minimum atomic E-state index is -0.395. The second-order valence-corrected chi connectivity index (χ2v) is 4.43. The lowest BCUT2D eigenvalue weighted by molar-refractivity contribution is -0.385. The Labute approximate surface area is 111 Å². The average molecular weight is 257 g/mol. The number of benzene rings is 2. The molecule has 0 bridgehead atoms. The van der Waals surface area contributed by atoms with Gasteiger partial charge in [-0.25, -0.2) is 0 Å². The van der Waals surface area contributed by atoms with Crippen LogP contribution in [0.15, 0.2) is 42.5 Å². The zero-order chi connectivity index (χ0) is 13.8. The van der Waals surface area contributed by atoms with E-state index in [9.17, 15) is 10.1 Å². The van der Waals surface area contributed by atoms with Crippen LogP contribution in [0, 0.1) is 24.0 Å². The number of ether oxygens (including phenoxy) is 1. The lowest BCUT2D eigenvalue weighted by Crippen LogP contribution is -1.99. The van der Waals surface area contributed by atoms with Crippen molar-refractivity contribution in [3.8, 4) is 5.75 Å². The summed E-state index contributed by atoms with van der Waals surface area (Å²) in [6.07, 6.45) is 0. The molecule has 0 aliphatic rings. The second-order valence-electron chi connectivity index (χ2n) is 4.43. The Bertz CT molecular complexity index is 591. The Hall–Kier alpha value is -2.36. The molecule has 4 heteroatoms. The largest absolute Gasteiger partial charge is 0.488 e. The molecular formula is C15H15NO3. The third-order valence-electron chi connectivity index (χ3n) is 2.97. The van der Waals surface area contributed by atoms with Gasteiger partial charge in [-0.3, -0.25) is 10.1 Å². The van der Waals surface area contributed by atoms with E-state index in [2.05, 4.69) is 0 Å². The number of nitrogens with zero attached hydrogens (tertiary/aromatic N) is 1. The number of nitro benzene ring substituents is 1. The molecule has 0 spiro atoms. The fraction of sp³-hybridized carbons (Fsp3) is 0.200. The third kappa shape index (κ3) is 3.10. The van der Waals surface area contributed by atoms with Gasteiger partial charge in [-0.15, -0.1) is 0 Å². The van der Waals surface area contributed by atoms with E-state index in [1.165, 1.54) is 11.6 Å². The molecule has 0 fully saturated rings. The highest BCUT2D eigenvalue weighted by molar-refractivity contribution is 5.48. The van der Waals surface area contributed by atoms with E-state index in [0.29, 0.717) is 17.9 Å². The van der Waals surface area contributed by atoms with Crippen molar-refractivity contribution in [2.24, 2.45) is 0 Å². The van der Waals surface area contributed by atoms with Crippen LogP contribution < -0.4 is 4.74 Å².